The van der Waals surface area contributed by atoms with E-state index in [1.54, 1.807) is 6.92 Å². The van der Waals surface area contributed by atoms with E-state index in [1.807, 2.05) is 0 Å². The predicted octanol–water partition coefficient (Wildman–Crippen LogP) is -0.692. The zero-order chi connectivity index (χ0) is 25.4. The van der Waals surface area contributed by atoms with Crippen LogP contribution in [0.25, 0.3) is 5.76 Å². The summed E-state index contributed by atoms with van der Waals surface area (Å²) in [6.07, 6.45) is -1.31. The number of primary amides is 1. The number of hydrogen-bond donors (Lipinski definition) is 6. The number of amides is 1. The second-order valence-electron chi connectivity index (χ2n) is 9.13. The molecule has 0 saturated heterocycles. The predicted molar refractivity (Wildman–Crippen MR) is 116 cm³/mol. The van der Waals surface area contributed by atoms with Crippen molar-refractivity contribution in [2.45, 2.75) is 30.6 Å². The number of aliphatic hydroxyl groups is 4. The van der Waals surface area contributed by atoms with Gasteiger partial charge in [-0.1, -0.05) is 13.0 Å². The van der Waals surface area contributed by atoms with Crippen molar-refractivity contribution in [1.29, 1.82) is 0 Å². The van der Waals surface area contributed by atoms with Crippen LogP contribution < -0.4 is 5.73 Å². The molecule has 0 aliphatic heterocycles. The number of benzene rings is 1. The van der Waals surface area contributed by atoms with Crippen molar-refractivity contribution < 1.29 is 44.7 Å². The summed E-state index contributed by atoms with van der Waals surface area (Å²) in [6, 6.07) is 1.38. The van der Waals surface area contributed by atoms with E-state index in [1.165, 1.54) is 31.1 Å². The van der Waals surface area contributed by atoms with Crippen molar-refractivity contribution >= 4 is 29.5 Å². The number of likely N-dealkylation sites (N-methyl/N-ethyl adjacent to an activating group) is 1. The van der Waals surface area contributed by atoms with E-state index in [0.29, 0.717) is 11.8 Å². The van der Waals surface area contributed by atoms with Crippen LogP contribution in [0.2, 0.25) is 0 Å². The quantitative estimate of drug-likeness (QED) is 0.242. The molecule has 3 aliphatic carbocycles. The zero-order valence-electron chi connectivity index (χ0n) is 18.5. The minimum absolute atomic E-state index is 0.161. The average molecular weight is 472 g/mol. The van der Waals surface area contributed by atoms with Gasteiger partial charge in [0.1, 0.15) is 22.8 Å². The fourth-order valence-electron chi connectivity index (χ4n) is 5.73. The Hall–Kier alpha value is -3.54. The first-order chi connectivity index (χ1) is 15.8. The summed E-state index contributed by atoms with van der Waals surface area (Å²) in [7, 11) is 2.87. The minimum Gasteiger partial charge on any atom is -0.508 e. The monoisotopic (exact) mass is 472 g/mol. The molecule has 7 N–H and O–H groups in total. The lowest BCUT2D eigenvalue weighted by atomic mass is 9.54. The van der Waals surface area contributed by atoms with Gasteiger partial charge in [0.05, 0.1) is 29.2 Å². The van der Waals surface area contributed by atoms with Gasteiger partial charge in [0, 0.05) is 11.5 Å². The number of nitrogens with two attached hydrogens (primary N) is 1. The summed E-state index contributed by atoms with van der Waals surface area (Å²) in [5, 5.41) is 55.4. The summed E-state index contributed by atoms with van der Waals surface area (Å²) in [5.74, 6) is -9.77. The van der Waals surface area contributed by atoms with E-state index >= 15 is 0 Å². The van der Waals surface area contributed by atoms with Crippen LogP contribution >= 0.6 is 0 Å². The van der Waals surface area contributed by atoms with Gasteiger partial charge in [0.15, 0.2) is 17.7 Å². The first-order valence-corrected chi connectivity index (χ1v) is 10.5. The molecular formula is C23H24N2O9. The van der Waals surface area contributed by atoms with Crippen molar-refractivity contribution in [2.75, 3.05) is 14.1 Å². The van der Waals surface area contributed by atoms with Gasteiger partial charge in [-0.25, -0.2) is 0 Å². The Bertz CT molecular complexity index is 1230. The maximum absolute atomic E-state index is 13.7. The SMILES string of the molecule is C[C@H]1c2ccc(C=O)c(O)c2C(O)=C2C(=O)[C@]3(O)C(O)=C(C(N)=O)C(=O)[C@@H](N(C)C)[C@@H]3[C@@H](O)[C@@H]21. The Labute approximate surface area is 193 Å². The van der Waals surface area contributed by atoms with Crippen LogP contribution in [0.5, 0.6) is 5.75 Å². The lowest BCUT2D eigenvalue weighted by Crippen LogP contribution is -2.70. The molecule has 6 atom stereocenters. The molecule has 3 aliphatic rings. The Kier molecular flexibility index (Phi) is 5.20. The number of nitrogens with zero attached hydrogens (tertiary/aromatic N) is 1. The van der Waals surface area contributed by atoms with Gasteiger partial charge >= 0.3 is 0 Å². The van der Waals surface area contributed by atoms with Crippen LogP contribution in [0.1, 0.15) is 34.3 Å². The number of fused-ring (bicyclic) bond motifs is 3. The molecule has 0 aromatic heterocycles. The van der Waals surface area contributed by atoms with E-state index in [-0.39, 0.29) is 11.1 Å². The van der Waals surface area contributed by atoms with E-state index in [2.05, 4.69) is 0 Å². The van der Waals surface area contributed by atoms with Crippen molar-refractivity contribution in [3.8, 4) is 5.75 Å². The van der Waals surface area contributed by atoms with E-state index in [4.69, 9.17) is 5.73 Å². The summed E-state index contributed by atoms with van der Waals surface area (Å²) < 4.78 is 0. The number of phenols is 1. The maximum atomic E-state index is 13.7. The van der Waals surface area contributed by atoms with Crippen molar-refractivity contribution in [3.05, 3.63) is 45.7 Å². The highest BCUT2D eigenvalue weighted by Crippen LogP contribution is 2.56. The molecule has 11 nitrogen and oxygen atoms in total. The van der Waals surface area contributed by atoms with Gasteiger partial charge in [0.25, 0.3) is 5.91 Å². The third kappa shape index (κ3) is 2.68. The Morgan fingerprint density at radius 2 is 1.79 bits per heavy atom. The molecule has 0 unspecified atom stereocenters. The van der Waals surface area contributed by atoms with Gasteiger partial charge in [-0.2, -0.15) is 0 Å². The molecule has 1 amide bonds. The van der Waals surface area contributed by atoms with Gasteiger partial charge in [-0.15, -0.1) is 0 Å². The zero-order valence-corrected chi connectivity index (χ0v) is 18.5. The number of aldehydes is 1. The normalized spacial score (nSPS) is 32.9. The molecule has 1 fully saturated rings. The fourth-order valence-corrected chi connectivity index (χ4v) is 5.73. The summed E-state index contributed by atoms with van der Waals surface area (Å²) in [4.78, 5) is 51.4. The lowest BCUT2D eigenvalue weighted by Gasteiger charge is -2.53. The minimum atomic E-state index is -2.97. The second kappa shape index (κ2) is 7.49. The number of phenolic OH excluding ortho intramolecular Hbond substituents is 1. The number of hydrogen-bond acceptors (Lipinski definition) is 10. The van der Waals surface area contributed by atoms with Gasteiger partial charge in [-0.3, -0.25) is 24.1 Å². The number of carbonyl (C=O) groups is 4. The first kappa shape index (κ1) is 23.6. The number of Topliss-reactive ketones (excluding diaryl/α,β-unsaturated/α-hetero) is 2. The molecule has 180 valence electrons. The third-order valence-corrected chi connectivity index (χ3v) is 7.29. The molecule has 0 spiro atoms. The Balaban J connectivity index is 2.07. The molecule has 4 rings (SSSR count). The molecular weight excluding hydrogens is 448 g/mol. The van der Waals surface area contributed by atoms with Crippen molar-refractivity contribution in [3.63, 3.8) is 0 Å². The molecule has 11 heteroatoms. The number of ketones is 2. The van der Waals surface area contributed by atoms with Gasteiger partial charge in [0.2, 0.25) is 5.78 Å². The van der Waals surface area contributed by atoms with Gasteiger partial charge in [-0.05, 0) is 31.6 Å². The van der Waals surface area contributed by atoms with E-state index in [9.17, 15) is 44.7 Å². The summed E-state index contributed by atoms with van der Waals surface area (Å²) in [5.41, 5.74) is 0.745. The summed E-state index contributed by atoms with van der Waals surface area (Å²) >= 11 is 0. The highest BCUT2D eigenvalue weighted by molar-refractivity contribution is 6.24. The van der Waals surface area contributed by atoms with Crippen LogP contribution in [-0.4, -0.2) is 86.0 Å². The number of rotatable bonds is 3. The molecule has 0 heterocycles. The largest absolute Gasteiger partial charge is 0.508 e. The lowest BCUT2D eigenvalue weighted by molar-refractivity contribution is -0.169. The molecule has 0 bridgehead atoms. The van der Waals surface area contributed by atoms with Crippen LogP contribution in [0, 0.1) is 11.8 Å². The number of carbonyl (C=O) groups excluding carboxylic acids is 4. The van der Waals surface area contributed by atoms with Gasteiger partial charge < -0.3 is 31.3 Å². The summed E-state index contributed by atoms with van der Waals surface area (Å²) in [6.45, 7) is 1.61. The van der Waals surface area contributed by atoms with Crippen LogP contribution in [-0.2, 0) is 14.4 Å². The smallest absolute Gasteiger partial charge is 0.255 e. The molecule has 1 saturated carbocycles. The third-order valence-electron chi connectivity index (χ3n) is 7.29. The number of aromatic hydroxyl groups is 1. The highest BCUT2D eigenvalue weighted by Gasteiger charge is 2.68. The Morgan fingerprint density at radius 1 is 1.18 bits per heavy atom. The Morgan fingerprint density at radius 3 is 2.32 bits per heavy atom. The fraction of sp³-hybridized carbons (Fsp3) is 0.391. The number of aliphatic hydroxyl groups excluding tert-OH is 3. The molecule has 0 radical (unpaired) electrons. The van der Waals surface area contributed by atoms with E-state index < -0.39 is 81.4 Å². The van der Waals surface area contributed by atoms with E-state index in [0.717, 1.165) is 0 Å². The standard InChI is InChI=1S/C23H24N2O9/c1-7-9-5-4-8(6-26)16(27)11(9)17(28)12-10(7)18(29)14-15(25(2)3)19(30)13(22(24)33)21(32)23(14,34)20(12)31/h4-7,10,14-15,18,27-29,32,34H,1-3H3,(H2,24,33)/t7-,10+,14+,15-,18-,23-/m0/s1. The van der Waals surface area contributed by atoms with Crippen LogP contribution in [0.4, 0.5) is 0 Å². The average Bonchev–Trinajstić information content (AvgIpc) is 2.75. The van der Waals surface area contributed by atoms with Crippen molar-refractivity contribution in [1.82, 2.24) is 4.90 Å². The van der Waals surface area contributed by atoms with Crippen molar-refractivity contribution in [2.24, 2.45) is 17.6 Å². The maximum Gasteiger partial charge on any atom is 0.255 e. The molecule has 1 aromatic rings. The first-order valence-electron chi connectivity index (χ1n) is 10.5. The van der Waals surface area contributed by atoms with Crippen LogP contribution in [0.15, 0.2) is 29.0 Å². The highest BCUT2D eigenvalue weighted by atomic mass is 16.4. The molecule has 34 heavy (non-hydrogen) atoms. The second-order valence-corrected chi connectivity index (χ2v) is 9.13. The van der Waals surface area contributed by atoms with Crippen LogP contribution in [0.3, 0.4) is 0 Å². The molecule has 1 aromatic carbocycles. The topological polar surface area (TPSA) is 199 Å².